The van der Waals surface area contributed by atoms with E-state index < -0.39 is 0 Å². The molecule has 11 heavy (non-hydrogen) atoms. The molecule has 0 rings (SSSR count). The molecular formula is C8H16ClNO. The molecule has 0 aliphatic rings. The highest BCUT2D eigenvalue weighted by Gasteiger charge is 2.02. The number of ketones is 1. The molecule has 0 radical (unpaired) electrons. The molecular weight excluding hydrogens is 162 g/mol. The van der Waals surface area contributed by atoms with E-state index in [0.29, 0.717) is 13.0 Å². The van der Waals surface area contributed by atoms with Crippen LogP contribution in [-0.4, -0.2) is 12.3 Å². The molecule has 0 aromatic carbocycles. The van der Waals surface area contributed by atoms with E-state index in [4.69, 9.17) is 5.73 Å². The van der Waals surface area contributed by atoms with Crippen LogP contribution in [0.25, 0.3) is 0 Å². The SMILES string of the molecule is CC(C)=C(C)C(=O)CCN.Cl. The Kier molecular flexibility index (Phi) is 7.69. The molecule has 0 heterocycles. The second-order valence-corrected chi connectivity index (χ2v) is 2.59. The minimum atomic E-state index is 0. The first kappa shape index (κ1) is 13.3. The third kappa shape index (κ3) is 4.99. The van der Waals surface area contributed by atoms with E-state index in [0.717, 1.165) is 11.1 Å². The molecule has 2 nitrogen and oxygen atoms in total. The fourth-order valence-electron chi connectivity index (χ4n) is 0.597. The first-order chi connectivity index (χ1) is 4.59. The number of rotatable bonds is 3. The van der Waals surface area contributed by atoms with Gasteiger partial charge in [-0.25, -0.2) is 0 Å². The Morgan fingerprint density at radius 2 is 1.73 bits per heavy atom. The van der Waals surface area contributed by atoms with Crippen LogP contribution in [0.1, 0.15) is 27.2 Å². The topological polar surface area (TPSA) is 43.1 Å². The normalized spacial score (nSPS) is 8.36. The van der Waals surface area contributed by atoms with Gasteiger partial charge in [-0.3, -0.25) is 4.79 Å². The summed E-state index contributed by atoms with van der Waals surface area (Å²) in [6.07, 6.45) is 0.469. The predicted octanol–water partition coefficient (Wildman–Crippen LogP) is 1.68. The fourth-order valence-corrected chi connectivity index (χ4v) is 0.597. The van der Waals surface area contributed by atoms with Gasteiger partial charge >= 0.3 is 0 Å². The summed E-state index contributed by atoms with van der Waals surface area (Å²) in [4.78, 5) is 11.0. The summed E-state index contributed by atoms with van der Waals surface area (Å²) >= 11 is 0. The quantitative estimate of drug-likeness (QED) is 0.667. The lowest BCUT2D eigenvalue weighted by molar-refractivity contribution is -0.115. The summed E-state index contributed by atoms with van der Waals surface area (Å²) in [7, 11) is 0. The van der Waals surface area contributed by atoms with Crippen LogP contribution in [0, 0.1) is 0 Å². The number of nitrogens with two attached hydrogens (primary N) is 1. The van der Waals surface area contributed by atoms with Gasteiger partial charge in [-0.1, -0.05) is 5.57 Å². The number of halogens is 1. The lowest BCUT2D eigenvalue weighted by Crippen LogP contribution is -2.09. The maximum atomic E-state index is 11.0. The van der Waals surface area contributed by atoms with Crippen LogP contribution in [0.5, 0.6) is 0 Å². The molecule has 0 amide bonds. The van der Waals surface area contributed by atoms with Crippen molar-refractivity contribution < 1.29 is 4.79 Å². The second-order valence-electron chi connectivity index (χ2n) is 2.59. The number of allylic oxidation sites excluding steroid dienone is 2. The van der Waals surface area contributed by atoms with Crippen molar-refractivity contribution in [1.82, 2.24) is 0 Å². The van der Waals surface area contributed by atoms with E-state index in [1.165, 1.54) is 0 Å². The van der Waals surface area contributed by atoms with Crippen LogP contribution < -0.4 is 5.73 Å². The number of hydrogen-bond acceptors (Lipinski definition) is 2. The summed E-state index contributed by atoms with van der Waals surface area (Å²) in [5, 5.41) is 0. The third-order valence-electron chi connectivity index (χ3n) is 1.54. The van der Waals surface area contributed by atoms with Crippen molar-refractivity contribution >= 4 is 18.2 Å². The smallest absolute Gasteiger partial charge is 0.159 e. The first-order valence-corrected chi connectivity index (χ1v) is 3.47. The first-order valence-electron chi connectivity index (χ1n) is 3.47. The molecule has 0 fully saturated rings. The number of carbonyl (C=O) groups excluding carboxylic acids is 1. The van der Waals surface area contributed by atoms with Crippen LogP contribution in [0.3, 0.4) is 0 Å². The number of carbonyl (C=O) groups is 1. The van der Waals surface area contributed by atoms with E-state index in [-0.39, 0.29) is 18.2 Å². The van der Waals surface area contributed by atoms with Crippen LogP contribution in [0.2, 0.25) is 0 Å². The minimum absolute atomic E-state index is 0. The zero-order chi connectivity index (χ0) is 8.15. The van der Waals surface area contributed by atoms with Gasteiger partial charge in [0, 0.05) is 6.42 Å². The number of hydrogen-bond donors (Lipinski definition) is 1. The lowest BCUT2D eigenvalue weighted by atomic mass is 10.1. The Morgan fingerprint density at radius 1 is 1.27 bits per heavy atom. The zero-order valence-corrected chi connectivity index (χ0v) is 8.12. The Hall–Kier alpha value is -0.340. The van der Waals surface area contributed by atoms with Crippen molar-refractivity contribution in [3.05, 3.63) is 11.1 Å². The van der Waals surface area contributed by atoms with Crippen molar-refractivity contribution in [2.24, 2.45) is 5.73 Å². The van der Waals surface area contributed by atoms with E-state index in [1.54, 1.807) is 0 Å². The molecule has 0 saturated heterocycles. The summed E-state index contributed by atoms with van der Waals surface area (Å²) in [6.45, 7) is 6.16. The van der Waals surface area contributed by atoms with Gasteiger partial charge in [-0.05, 0) is 32.9 Å². The number of Topliss-reactive ketones (excluding diaryl/α,β-unsaturated/α-hetero) is 1. The van der Waals surface area contributed by atoms with Gasteiger partial charge < -0.3 is 5.73 Å². The second kappa shape index (κ2) is 6.38. The van der Waals surface area contributed by atoms with Crippen molar-refractivity contribution in [2.75, 3.05) is 6.54 Å². The molecule has 0 atom stereocenters. The van der Waals surface area contributed by atoms with Crippen LogP contribution in [0.15, 0.2) is 11.1 Å². The predicted molar refractivity (Wildman–Crippen MR) is 50.0 cm³/mol. The largest absolute Gasteiger partial charge is 0.330 e. The highest BCUT2D eigenvalue weighted by atomic mass is 35.5. The molecule has 3 heteroatoms. The van der Waals surface area contributed by atoms with E-state index in [2.05, 4.69) is 0 Å². The molecule has 0 aliphatic carbocycles. The average Bonchev–Trinajstić information content (AvgIpc) is 1.87. The van der Waals surface area contributed by atoms with Gasteiger partial charge in [-0.15, -0.1) is 12.4 Å². The lowest BCUT2D eigenvalue weighted by Gasteiger charge is -1.99. The molecule has 66 valence electrons. The van der Waals surface area contributed by atoms with Gasteiger partial charge in [0.2, 0.25) is 0 Å². The molecule has 0 aliphatic heterocycles. The Balaban J connectivity index is 0. The Morgan fingerprint density at radius 3 is 2.00 bits per heavy atom. The Bertz CT molecular complexity index is 159. The molecule has 0 aromatic heterocycles. The van der Waals surface area contributed by atoms with Crippen molar-refractivity contribution in [3.8, 4) is 0 Å². The van der Waals surface area contributed by atoms with E-state index >= 15 is 0 Å². The molecule has 0 spiro atoms. The maximum absolute atomic E-state index is 11.0. The van der Waals surface area contributed by atoms with Crippen LogP contribution in [-0.2, 0) is 4.79 Å². The summed E-state index contributed by atoms with van der Waals surface area (Å²) in [5.41, 5.74) is 7.16. The highest BCUT2D eigenvalue weighted by Crippen LogP contribution is 2.04. The fraction of sp³-hybridized carbons (Fsp3) is 0.625. The van der Waals surface area contributed by atoms with Crippen LogP contribution >= 0.6 is 12.4 Å². The van der Waals surface area contributed by atoms with Crippen molar-refractivity contribution in [3.63, 3.8) is 0 Å². The standard InChI is InChI=1S/C8H15NO.ClH/c1-6(2)7(3)8(10)4-5-9;/h4-5,9H2,1-3H3;1H. The molecule has 0 unspecified atom stereocenters. The highest BCUT2D eigenvalue weighted by molar-refractivity contribution is 5.95. The average molecular weight is 178 g/mol. The van der Waals surface area contributed by atoms with Gasteiger partial charge in [0.05, 0.1) is 0 Å². The van der Waals surface area contributed by atoms with E-state index in [9.17, 15) is 4.79 Å². The third-order valence-corrected chi connectivity index (χ3v) is 1.54. The van der Waals surface area contributed by atoms with Gasteiger partial charge in [-0.2, -0.15) is 0 Å². The van der Waals surface area contributed by atoms with Gasteiger partial charge in [0.15, 0.2) is 5.78 Å². The minimum Gasteiger partial charge on any atom is -0.330 e. The molecule has 2 N–H and O–H groups in total. The van der Waals surface area contributed by atoms with Crippen molar-refractivity contribution in [1.29, 1.82) is 0 Å². The molecule has 0 aromatic rings. The van der Waals surface area contributed by atoms with Gasteiger partial charge in [0.25, 0.3) is 0 Å². The summed E-state index contributed by atoms with van der Waals surface area (Å²) in [5.74, 6) is 0.169. The Labute approximate surface area is 74.3 Å². The van der Waals surface area contributed by atoms with E-state index in [1.807, 2.05) is 20.8 Å². The van der Waals surface area contributed by atoms with Crippen LogP contribution in [0.4, 0.5) is 0 Å². The van der Waals surface area contributed by atoms with Gasteiger partial charge in [0.1, 0.15) is 0 Å². The monoisotopic (exact) mass is 177 g/mol. The summed E-state index contributed by atoms with van der Waals surface area (Å²) in [6, 6.07) is 0. The summed E-state index contributed by atoms with van der Waals surface area (Å²) < 4.78 is 0. The zero-order valence-electron chi connectivity index (χ0n) is 7.31. The van der Waals surface area contributed by atoms with Crippen molar-refractivity contribution in [2.45, 2.75) is 27.2 Å². The molecule has 0 bridgehead atoms. The maximum Gasteiger partial charge on any atom is 0.159 e. The molecule has 0 saturated carbocycles.